The van der Waals surface area contributed by atoms with Crippen LogP contribution in [0.5, 0.6) is 5.75 Å². The monoisotopic (exact) mass is 410 g/mol. The highest BCUT2D eigenvalue weighted by Crippen LogP contribution is 2.24. The first-order valence-electron chi connectivity index (χ1n) is 9.01. The maximum Gasteiger partial charge on any atom is 0.231 e. The Kier molecular flexibility index (Phi) is 6.66. The van der Waals surface area contributed by atoms with Crippen molar-refractivity contribution in [3.05, 3.63) is 54.1 Å². The summed E-state index contributed by atoms with van der Waals surface area (Å²) in [4.78, 5) is 24.4. The molecular formula is C21H22N4O3S. The van der Waals surface area contributed by atoms with Crippen molar-refractivity contribution in [1.82, 2.24) is 14.8 Å². The summed E-state index contributed by atoms with van der Waals surface area (Å²) in [6, 6.07) is 15.1. The van der Waals surface area contributed by atoms with Crippen LogP contribution in [0.3, 0.4) is 0 Å². The molecule has 0 spiro atoms. The Morgan fingerprint density at radius 1 is 1.10 bits per heavy atom. The van der Waals surface area contributed by atoms with Crippen molar-refractivity contribution in [2.24, 2.45) is 7.05 Å². The largest absolute Gasteiger partial charge is 0.495 e. The van der Waals surface area contributed by atoms with Crippen LogP contribution in [0.25, 0.3) is 11.4 Å². The van der Waals surface area contributed by atoms with Gasteiger partial charge in [-0.15, -0.1) is 10.2 Å². The molecule has 29 heavy (non-hydrogen) atoms. The number of para-hydroxylation sites is 2. The molecule has 3 aromatic rings. The zero-order valence-corrected chi connectivity index (χ0v) is 17.3. The highest BCUT2D eigenvalue weighted by atomic mass is 32.2. The Bertz CT molecular complexity index is 1020. The summed E-state index contributed by atoms with van der Waals surface area (Å²) in [6.45, 7) is 2.03. The van der Waals surface area contributed by atoms with Gasteiger partial charge in [-0.05, 0) is 19.1 Å². The minimum atomic E-state index is -0.376. The molecule has 0 aliphatic rings. The molecule has 0 saturated carbocycles. The van der Waals surface area contributed by atoms with Crippen LogP contribution in [0, 0.1) is 6.92 Å². The van der Waals surface area contributed by atoms with E-state index < -0.39 is 0 Å². The lowest BCUT2D eigenvalue weighted by atomic mass is 10.1. The molecule has 0 fully saturated rings. The molecule has 1 amide bonds. The van der Waals surface area contributed by atoms with Gasteiger partial charge in [0.1, 0.15) is 5.75 Å². The summed E-state index contributed by atoms with van der Waals surface area (Å²) < 4.78 is 7.04. The van der Waals surface area contributed by atoms with E-state index in [1.165, 1.54) is 24.4 Å². The number of methoxy groups -OCH3 is 1. The Morgan fingerprint density at radius 2 is 1.83 bits per heavy atom. The van der Waals surface area contributed by atoms with Crippen LogP contribution in [0.15, 0.2) is 53.7 Å². The lowest BCUT2D eigenvalue weighted by Crippen LogP contribution is -2.18. The topological polar surface area (TPSA) is 86.1 Å². The first kappa shape index (κ1) is 20.6. The Labute approximate surface area is 173 Å². The van der Waals surface area contributed by atoms with Crippen molar-refractivity contribution >= 4 is 29.1 Å². The van der Waals surface area contributed by atoms with Crippen LogP contribution in [-0.4, -0.2) is 39.3 Å². The highest BCUT2D eigenvalue weighted by Gasteiger charge is 2.15. The van der Waals surface area contributed by atoms with Crippen LogP contribution >= 0.6 is 11.8 Å². The van der Waals surface area contributed by atoms with E-state index in [9.17, 15) is 9.59 Å². The normalized spacial score (nSPS) is 10.6. The summed E-state index contributed by atoms with van der Waals surface area (Å²) in [5, 5.41) is 11.7. The quantitative estimate of drug-likeness (QED) is 0.452. The van der Waals surface area contributed by atoms with Gasteiger partial charge in [0, 0.05) is 12.6 Å². The van der Waals surface area contributed by atoms with E-state index in [0.717, 1.165) is 11.4 Å². The first-order valence-corrected chi connectivity index (χ1v) is 10.0. The molecule has 0 bridgehead atoms. The third-order valence-electron chi connectivity index (χ3n) is 4.25. The number of aromatic nitrogens is 3. The predicted molar refractivity (Wildman–Crippen MR) is 113 cm³/mol. The Hall–Kier alpha value is -3.13. The fourth-order valence-electron chi connectivity index (χ4n) is 2.71. The number of ketones is 1. The molecule has 0 saturated heterocycles. The number of Topliss-reactive ketones (excluding diaryl/α,β-unsaturated/α-hetero) is 1. The molecule has 0 radical (unpaired) electrons. The number of nitrogens with one attached hydrogen (secondary N) is 1. The zero-order valence-electron chi connectivity index (χ0n) is 16.5. The summed E-state index contributed by atoms with van der Waals surface area (Å²) in [6.07, 6.45) is -0.215. The van der Waals surface area contributed by atoms with Crippen molar-refractivity contribution in [3.8, 4) is 17.1 Å². The lowest BCUT2D eigenvalue weighted by molar-refractivity contribution is -0.123. The van der Waals surface area contributed by atoms with E-state index in [1.54, 1.807) is 18.2 Å². The molecule has 0 aliphatic carbocycles. The molecule has 150 valence electrons. The number of amides is 1. The fourth-order valence-corrected chi connectivity index (χ4v) is 3.48. The van der Waals surface area contributed by atoms with Crippen molar-refractivity contribution in [3.63, 3.8) is 0 Å². The van der Waals surface area contributed by atoms with Gasteiger partial charge in [0.05, 0.1) is 25.0 Å². The van der Waals surface area contributed by atoms with E-state index in [2.05, 4.69) is 15.5 Å². The summed E-state index contributed by atoms with van der Waals surface area (Å²) in [5.41, 5.74) is 2.67. The average Bonchev–Trinajstić information content (AvgIpc) is 3.08. The SMILES string of the molecule is COc1ccccc1NC(=O)CC(=O)CSc1nnc(-c2ccc(C)cc2)n1C. The lowest BCUT2D eigenvalue weighted by Gasteiger charge is -2.09. The van der Waals surface area contributed by atoms with Gasteiger partial charge in [-0.25, -0.2) is 0 Å². The van der Waals surface area contributed by atoms with Gasteiger partial charge in [-0.3, -0.25) is 9.59 Å². The van der Waals surface area contributed by atoms with E-state index in [4.69, 9.17) is 4.74 Å². The minimum absolute atomic E-state index is 0.138. The van der Waals surface area contributed by atoms with E-state index in [-0.39, 0.29) is 23.9 Å². The van der Waals surface area contributed by atoms with Gasteiger partial charge in [-0.2, -0.15) is 0 Å². The number of carbonyl (C=O) groups is 2. The number of hydrogen-bond donors (Lipinski definition) is 1. The number of ether oxygens (including phenoxy) is 1. The second kappa shape index (κ2) is 9.38. The second-order valence-electron chi connectivity index (χ2n) is 6.48. The molecule has 1 N–H and O–H groups in total. The molecule has 7 nitrogen and oxygen atoms in total. The van der Waals surface area contributed by atoms with E-state index in [1.807, 2.05) is 48.9 Å². The van der Waals surface area contributed by atoms with Gasteiger partial charge >= 0.3 is 0 Å². The summed E-state index contributed by atoms with van der Waals surface area (Å²) >= 11 is 1.26. The Balaban J connectivity index is 1.55. The molecule has 0 aliphatic heterocycles. The molecular weight excluding hydrogens is 388 g/mol. The smallest absolute Gasteiger partial charge is 0.231 e. The molecule has 3 rings (SSSR count). The molecule has 0 unspecified atom stereocenters. The third kappa shape index (κ3) is 5.23. The van der Waals surface area contributed by atoms with Crippen LogP contribution in [0.1, 0.15) is 12.0 Å². The van der Waals surface area contributed by atoms with Crippen LogP contribution < -0.4 is 10.1 Å². The van der Waals surface area contributed by atoms with Crippen LogP contribution in [-0.2, 0) is 16.6 Å². The van der Waals surface area contributed by atoms with Gasteiger partial charge in [0.2, 0.25) is 5.91 Å². The summed E-state index contributed by atoms with van der Waals surface area (Å²) in [7, 11) is 3.38. The zero-order chi connectivity index (χ0) is 20.8. The average molecular weight is 410 g/mol. The van der Waals surface area contributed by atoms with Crippen LogP contribution in [0.2, 0.25) is 0 Å². The number of aryl methyl sites for hydroxylation is 1. The van der Waals surface area contributed by atoms with Gasteiger partial charge in [0.15, 0.2) is 16.8 Å². The number of benzene rings is 2. The molecule has 1 heterocycles. The highest BCUT2D eigenvalue weighted by molar-refractivity contribution is 7.99. The number of rotatable bonds is 8. The second-order valence-corrected chi connectivity index (χ2v) is 7.43. The molecule has 1 aromatic heterocycles. The van der Waals surface area contributed by atoms with Crippen LogP contribution in [0.4, 0.5) is 5.69 Å². The van der Waals surface area contributed by atoms with Crippen molar-refractivity contribution in [2.45, 2.75) is 18.5 Å². The Morgan fingerprint density at radius 3 is 2.55 bits per heavy atom. The van der Waals surface area contributed by atoms with Crippen molar-refractivity contribution < 1.29 is 14.3 Å². The maximum absolute atomic E-state index is 12.2. The van der Waals surface area contributed by atoms with Gasteiger partial charge < -0.3 is 14.6 Å². The van der Waals surface area contributed by atoms with E-state index >= 15 is 0 Å². The number of thioether (sulfide) groups is 1. The maximum atomic E-state index is 12.2. The predicted octanol–water partition coefficient (Wildman–Crippen LogP) is 3.49. The number of hydrogen-bond acceptors (Lipinski definition) is 6. The molecule has 2 aromatic carbocycles. The van der Waals surface area contributed by atoms with E-state index in [0.29, 0.717) is 16.6 Å². The number of carbonyl (C=O) groups excluding carboxylic acids is 2. The van der Waals surface area contributed by atoms with Crippen molar-refractivity contribution in [1.29, 1.82) is 0 Å². The van der Waals surface area contributed by atoms with Gasteiger partial charge in [0.25, 0.3) is 0 Å². The molecule has 0 atom stereocenters. The summed E-state index contributed by atoms with van der Waals surface area (Å²) in [5.74, 6) is 0.846. The first-order chi connectivity index (χ1) is 14.0. The minimum Gasteiger partial charge on any atom is -0.495 e. The van der Waals surface area contributed by atoms with Gasteiger partial charge in [-0.1, -0.05) is 53.7 Å². The third-order valence-corrected chi connectivity index (χ3v) is 5.33. The number of nitrogens with zero attached hydrogens (tertiary/aromatic N) is 3. The van der Waals surface area contributed by atoms with Crippen molar-refractivity contribution in [2.75, 3.05) is 18.2 Å². The molecule has 8 heteroatoms. The standard InChI is InChI=1S/C21H22N4O3S/c1-14-8-10-15(11-9-14)20-23-24-21(25(20)2)29-13-16(26)12-19(27)22-17-6-4-5-7-18(17)28-3/h4-11H,12-13H2,1-3H3,(H,22,27). The number of anilines is 1. The fraction of sp³-hybridized carbons (Fsp3) is 0.238.